The van der Waals surface area contributed by atoms with Crippen molar-refractivity contribution in [1.82, 2.24) is 4.98 Å². The number of nitro benzene ring substituents is 1. The molecule has 1 aromatic heterocycles. The normalized spacial score (nSPS) is 10.5. The number of nitro groups is 1. The third-order valence-corrected chi connectivity index (χ3v) is 2.41. The largest absolute Gasteiger partial charge is 0.439 e. The molecule has 0 amide bonds. The lowest BCUT2D eigenvalue weighted by molar-refractivity contribution is -0.384. The van der Waals surface area contributed by atoms with E-state index in [2.05, 4.69) is 4.98 Å². The molecular formula is C11H11N3O3. The third-order valence-electron chi connectivity index (χ3n) is 2.41. The van der Waals surface area contributed by atoms with E-state index in [0.717, 1.165) is 0 Å². The summed E-state index contributed by atoms with van der Waals surface area (Å²) in [6.45, 7) is 1.85. The number of para-hydroxylation sites is 1. The van der Waals surface area contributed by atoms with Gasteiger partial charge in [0, 0.05) is 5.56 Å². The number of oxazole rings is 1. The number of nitrogens with two attached hydrogens (primary N) is 1. The first-order valence-electron chi connectivity index (χ1n) is 5.02. The predicted octanol–water partition coefficient (Wildman–Crippen LogP) is 2.02. The lowest BCUT2D eigenvalue weighted by Crippen LogP contribution is -1.95. The minimum atomic E-state index is -0.421. The van der Waals surface area contributed by atoms with Crippen LogP contribution in [0.5, 0.6) is 0 Å². The SMILES string of the molecule is Cc1cccc(-c2cnc(CN)o2)c1[N+](=O)[O-]. The predicted molar refractivity (Wildman–Crippen MR) is 61.2 cm³/mol. The highest BCUT2D eigenvalue weighted by molar-refractivity contribution is 5.71. The minimum Gasteiger partial charge on any atom is -0.439 e. The zero-order chi connectivity index (χ0) is 12.4. The van der Waals surface area contributed by atoms with E-state index in [-0.39, 0.29) is 12.2 Å². The topological polar surface area (TPSA) is 95.2 Å². The first-order chi connectivity index (χ1) is 8.13. The van der Waals surface area contributed by atoms with E-state index >= 15 is 0 Å². The van der Waals surface area contributed by atoms with E-state index < -0.39 is 4.92 Å². The molecule has 0 saturated heterocycles. The van der Waals surface area contributed by atoms with Crippen molar-refractivity contribution < 1.29 is 9.34 Å². The molecule has 17 heavy (non-hydrogen) atoms. The number of hydrogen-bond acceptors (Lipinski definition) is 5. The molecule has 6 nitrogen and oxygen atoms in total. The molecule has 0 aliphatic heterocycles. The maximum atomic E-state index is 11.0. The van der Waals surface area contributed by atoms with Crippen LogP contribution in [0, 0.1) is 17.0 Å². The van der Waals surface area contributed by atoms with Crippen LogP contribution in [0.15, 0.2) is 28.8 Å². The number of aryl methyl sites for hydroxylation is 1. The second kappa shape index (κ2) is 4.34. The van der Waals surface area contributed by atoms with Gasteiger partial charge in [0.2, 0.25) is 5.89 Å². The van der Waals surface area contributed by atoms with Crippen LogP contribution >= 0.6 is 0 Å². The monoisotopic (exact) mass is 233 g/mol. The summed E-state index contributed by atoms with van der Waals surface area (Å²) in [5.41, 5.74) is 6.41. The Balaban J connectivity index is 2.58. The molecule has 0 aliphatic carbocycles. The Morgan fingerprint density at radius 2 is 2.29 bits per heavy atom. The van der Waals surface area contributed by atoms with Gasteiger partial charge in [-0.2, -0.15) is 0 Å². The molecule has 2 aromatic rings. The molecule has 0 unspecified atom stereocenters. The molecule has 0 atom stereocenters. The Morgan fingerprint density at radius 1 is 1.53 bits per heavy atom. The van der Waals surface area contributed by atoms with Gasteiger partial charge in [0.25, 0.3) is 5.69 Å². The highest BCUT2D eigenvalue weighted by Gasteiger charge is 2.20. The Labute approximate surface area is 97.2 Å². The molecular weight excluding hydrogens is 222 g/mol. The number of nitrogens with zero attached hydrogens (tertiary/aromatic N) is 2. The summed E-state index contributed by atoms with van der Waals surface area (Å²) in [6.07, 6.45) is 1.45. The van der Waals surface area contributed by atoms with Crippen molar-refractivity contribution in [3.63, 3.8) is 0 Å². The van der Waals surface area contributed by atoms with Crippen molar-refractivity contribution in [3.8, 4) is 11.3 Å². The molecule has 0 saturated carbocycles. The average Bonchev–Trinajstić information content (AvgIpc) is 2.76. The summed E-state index contributed by atoms with van der Waals surface area (Å²) in [6, 6.07) is 5.05. The van der Waals surface area contributed by atoms with E-state index in [0.29, 0.717) is 22.8 Å². The molecule has 1 aromatic carbocycles. The second-order valence-electron chi connectivity index (χ2n) is 3.55. The summed E-state index contributed by atoms with van der Waals surface area (Å²) < 4.78 is 5.32. The summed E-state index contributed by atoms with van der Waals surface area (Å²) in [5.74, 6) is 0.719. The van der Waals surface area contributed by atoms with Crippen molar-refractivity contribution in [3.05, 3.63) is 46.0 Å². The van der Waals surface area contributed by atoms with Crippen LogP contribution < -0.4 is 5.73 Å². The molecule has 2 N–H and O–H groups in total. The summed E-state index contributed by atoms with van der Waals surface area (Å²) in [5, 5.41) is 11.0. The van der Waals surface area contributed by atoms with Crippen molar-refractivity contribution in [2.75, 3.05) is 0 Å². The standard InChI is InChI=1S/C11H11N3O3/c1-7-3-2-4-8(11(7)14(15)16)9-6-13-10(5-12)17-9/h2-4,6H,5,12H2,1H3. The molecule has 0 spiro atoms. The summed E-state index contributed by atoms with van der Waals surface area (Å²) in [4.78, 5) is 14.5. The zero-order valence-electron chi connectivity index (χ0n) is 9.21. The van der Waals surface area contributed by atoms with E-state index in [1.807, 2.05) is 0 Å². The maximum Gasteiger partial charge on any atom is 0.283 e. The molecule has 0 bridgehead atoms. The van der Waals surface area contributed by atoms with Gasteiger partial charge in [-0.05, 0) is 13.0 Å². The lowest BCUT2D eigenvalue weighted by atomic mass is 10.1. The molecule has 0 radical (unpaired) electrons. The average molecular weight is 233 g/mol. The molecule has 88 valence electrons. The molecule has 2 rings (SSSR count). The third kappa shape index (κ3) is 2.02. The fourth-order valence-corrected chi connectivity index (χ4v) is 1.63. The van der Waals surface area contributed by atoms with Gasteiger partial charge in [-0.3, -0.25) is 10.1 Å². The van der Waals surface area contributed by atoms with Gasteiger partial charge < -0.3 is 10.2 Å². The Morgan fingerprint density at radius 3 is 2.88 bits per heavy atom. The van der Waals surface area contributed by atoms with Crippen LogP contribution in [-0.2, 0) is 6.54 Å². The fourth-order valence-electron chi connectivity index (χ4n) is 1.63. The van der Waals surface area contributed by atoms with Gasteiger partial charge in [0.05, 0.1) is 23.2 Å². The van der Waals surface area contributed by atoms with Crippen LogP contribution in [0.2, 0.25) is 0 Å². The smallest absolute Gasteiger partial charge is 0.283 e. The van der Waals surface area contributed by atoms with E-state index in [1.165, 1.54) is 6.20 Å². The number of hydrogen-bond donors (Lipinski definition) is 1. The van der Waals surface area contributed by atoms with E-state index in [1.54, 1.807) is 25.1 Å². The van der Waals surface area contributed by atoms with Crippen molar-refractivity contribution in [2.24, 2.45) is 5.73 Å². The second-order valence-corrected chi connectivity index (χ2v) is 3.55. The maximum absolute atomic E-state index is 11.0. The Bertz CT molecular complexity index is 563. The van der Waals surface area contributed by atoms with E-state index in [4.69, 9.17) is 10.2 Å². The van der Waals surface area contributed by atoms with Crippen molar-refractivity contribution in [2.45, 2.75) is 13.5 Å². The highest BCUT2D eigenvalue weighted by Crippen LogP contribution is 2.32. The fraction of sp³-hybridized carbons (Fsp3) is 0.182. The van der Waals surface area contributed by atoms with Crippen molar-refractivity contribution >= 4 is 5.69 Å². The van der Waals surface area contributed by atoms with E-state index in [9.17, 15) is 10.1 Å². The quantitative estimate of drug-likeness (QED) is 0.646. The summed E-state index contributed by atoms with van der Waals surface area (Å²) in [7, 11) is 0. The van der Waals surface area contributed by atoms with Gasteiger partial charge in [0.1, 0.15) is 0 Å². The van der Waals surface area contributed by atoms with Crippen LogP contribution in [0.1, 0.15) is 11.5 Å². The number of aromatic nitrogens is 1. The molecule has 1 heterocycles. The minimum absolute atomic E-state index is 0.0345. The number of rotatable bonds is 3. The van der Waals surface area contributed by atoms with Gasteiger partial charge >= 0.3 is 0 Å². The molecule has 0 aliphatic rings. The van der Waals surface area contributed by atoms with Crippen LogP contribution in [-0.4, -0.2) is 9.91 Å². The number of benzene rings is 1. The van der Waals surface area contributed by atoms with Crippen LogP contribution in [0.3, 0.4) is 0 Å². The van der Waals surface area contributed by atoms with Crippen molar-refractivity contribution in [1.29, 1.82) is 0 Å². The molecule has 6 heteroatoms. The lowest BCUT2D eigenvalue weighted by Gasteiger charge is -2.01. The Hall–Kier alpha value is -2.21. The first kappa shape index (κ1) is 11.3. The Kier molecular flexibility index (Phi) is 2.88. The van der Waals surface area contributed by atoms with Gasteiger partial charge in [-0.25, -0.2) is 4.98 Å². The van der Waals surface area contributed by atoms with Crippen LogP contribution in [0.4, 0.5) is 5.69 Å². The highest BCUT2D eigenvalue weighted by atomic mass is 16.6. The molecule has 0 fully saturated rings. The first-order valence-corrected chi connectivity index (χ1v) is 5.02. The van der Waals surface area contributed by atoms with Gasteiger partial charge in [-0.15, -0.1) is 0 Å². The van der Waals surface area contributed by atoms with Crippen LogP contribution in [0.25, 0.3) is 11.3 Å². The summed E-state index contributed by atoms with van der Waals surface area (Å²) >= 11 is 0. The zero-order valence-corrected chi connectivity index (χ0v) is 9.21. The van der Waals surface area contributed by atoms with Gasteiger partial charge in [-0.1, -0.05) is 12.1 Å². The van der Waals surface area contributed by atoms with Gasteiger partial charge in [0.15, 0.2) is 5.76 Å².